The normalized spacial score (nSPS) is 14.5. The van der Waals surface area contributed by atoms with Gasteiger partial charge in [0.1, 0.15) is 17.6 Å². The Morgan fingerprint density at radius 1 is 1.38 bits per heavy atom. The molecule has 0 saturated heterocycles. The Hall–Kier alpha value is -0.910. The Morgan fingerprint density at radius 2 is 2.06 bits per heavy atom. The maximum Gasteiger partial charge on any atom is 0.125 e. The minimum Gasteiger partial charge on any atom is -0.507 e. The van der Waals surface area contributed by atoms with Gasteiger partial charge in [-0.25, -0.2) is 0 Å². The van der Waals surface area contributed by atoms with E-state index in [1.165, 1.54) is 19.2 Å². The van der Waals surface area contributed by atoms with Gasteiger partial charge in [-0.05, 0) is 24.3 Å². The molecule has 0 amide bonds. The van der Waals surface area contributed by atoms with Crippen LogP contribution in [0.5, 0.6) is 11.5 Å². The summed E-state index contributed by atoms with van der Waals surface area (Å²) in [5.41, 5.74) is 0.287. The lowest BCUT2D eigenvalue weighted by atomic mass is 10.0. The van der Waals surface area contributed by atoms with Crippen molar-refractivity contribution in [2.75, 3.05) is 12.9 Å². The molecule has 3 N–H and O–H groups in total. The van der Waals surface area contributed by atoms with Crippen LogP contribution < -0.4 is 4.74 Å². The third-order valence-corrected chi connectivity index (χ3v) is 2.60. The Morgan fingerprint density at radius 3 is 2.56 bits per heavy atom. The molecule has 1 rings (SSSR count). The third kappa shape index (κ3) is 3.04. The van der Waals surface area contributed by atoms with Crippen LogP contribution in [0.3, 0.4) is 0 Å². The smallest absolute Gasteiger partial charge is 0.125 e. The number of hydrogen-bond acceptors (Lipinski definition) is 5. The quantitative estimate of drug-likeness (QED) is 0.586. The zero-order valence-electron chi connectivity index (χ0n) is 9.00. The molecule has 4 nitrogen and oxygen atoms in total. The highest BCUT2D eigenvalue weighted by atomic mass is 32.1. The fourth-order valence-corrected chi connectivity index (χ4v) is 1.66. The van der Waals surface area contributed by atoms with Gasteiger partial charge in [0.15, 0.2) is 0 Å². The molecule has 0 aliphatic carbocycles. The Kier molecular flexibility index (Phi) is 4.92. The van der Waals surface area contributed by atoms with Crippen molar-refractivity contribution >= 4 is 12.6 Å². The number of benzene rings is 1. The molecule has 2 atom stereocenters. The summed E-state index contributed by atoms with van der Waals surface area (Å²) in [4.78, 5) is 0. The van der Waals surface area contributed by atoms with Crippen LogP contribution in [0, 0.1) is 0 Å². The van der Waals surface area contributed by atoms with Crippen molar-refractivity contribution in [2.45, 2.75) is 18.6 Å². The summed E-state index contributed by atoms with van der Waals surface area (Å²) < 4.78 is 4.92. The number of phenols is 1. The van der Waals surface area contributed by atoms with Crippen molar-refractivity contribution < 1.29 is 20.1 Å². The maximum atomic E-state index is 9.78. The average molecular weight is 244 g/mol. The molecule has 1 aromatic carbocycles. The number of rotatable bonds is 5. The number of thiol groups is 1. The molecule has 5 heteroatoms. The van der Waals surface area contributed by atoms with Crippen molar-refractivity contribution in [3.8, 4) is 11.5 Å². The second-order valence-electron chi connectivity index (χ2n) is 3.45. The van der Waals surface area contributed by atoms with Gasteiger partial charge in [0.25, 0.3) is 0 Å². The number of hydrogen-bond donors (Lipinski definition) is 4. The van der Waals surface area contributed by atoms with E-state index < -0.39 is 12.2 Å². The van der Waals surface area contributed by atoms with Crippen molar-refractivity contribution in [3.05, 3.63) is 23.8 Å². The summed E-state index contributed by atoms with van der Waals surface area (Å²) in [6.45, 7) is 0. The molecular formula is C11H16O4S. The van der Waals surface area contributed by atoms with E-state index >= 15 is 0 Å². The lowest BCUT2D eigenvalue weighted by molar-refractivity contribution is 0.0159. The van der Waals surface area contributed by atoms with Gasteiger partial charge < -0.3 is 20.1 Å². The first-order valence-corrected chi connectivity index (χ1v) is 5.57. The average Bonchev–Trinajstić information content (AvgIpc) is 2.28. The van der Waals surface area contributed by atoms with E-state index in [9.17, 15) is 15.3 Å². The molecule has 2 unspecified atom stereocenters. The number of aliphatic hydroxyl groups is 2. The highest BCUT2D eigenvalue weighted by molar-refractivity contribution is 7.80. The first-order chi connectivity index (χ1) is 7.60. The van der Waals surface area contributed by atoms with Gasteiger partial charge in [0, 0.05) is 11.6 Å². The molecule has 0 bridgehead atoms. The lowest BCUT2D eigenvalue weighted by Gasteiger charge is -2.18. The summed E-state index contributed by atoms with van der Waals surface area (Å²) in [6, 6.07) is 4.54. The Labute approximate surface area is 99.9 Å². The largest absolute Gasteiger partial charge is 0.507 e. The van der Waals surface area contributed by atoms with E-state index in [-0.39, 0.29) is 11.3 Å². The molecule has 0 aromatic heterocycles. The molecule has 1 aromatic rings. The predicted molar refractivity (Wildman–Crippen MR) is 64.1 cm³/mol. The first-order valence-electron chi connectivity index (χ1n) is 4.94. The van der Waals surface area contributed by atoms with Crippen molar-refractivity contribution in [1.29, 1.82) is 0 Å². The molecule has 0 saturated carbocycles. The Balaban J connectivity index is 2.87. The summed E-state index contributed by atoms with van der Waals surface area (Å²) in [5.74, 6) is 0.872. The van der Waals surface area contributed by atoms with E-state index in [0.717, 1.165) is 0 Å². The zero-order valence-corrected chi connectivity index (χ0v) is 9.89. The van der Waals surface area contributed by atoms with Crippen LogP contribution in [0.25, 0.3) is 0 Å². The van der Waals surface area contributed by atoms with Crippen LogP contribution in [0.1, 0.15) is 18.1 Å². The molecular weight excluding hydrogens is 228 g/mol. The van der Waals surface area contributed by atoms with Gasteiger partial charge in [-0.2, -0.15) is 12.6 Å². The molecule has 0 spiro atoms. The molecule has 90 valence electrons. The summed E-state index contributed by atoms with van der Waals surface area (Å²) >= 11 is 3.97. The van der Waals surface area contributed by atoms with Gasteiger partial charge in [-0.1, -0.05) is 0 Å². The zero-order chi connectivity index (χ0) is 12.1. The van der Waals surface area contributed by atoms with E-state index in [4.69, 9.17) is 4.74 Å². The fraction of sp³-hybridized carbons (Fsp3) is 0.455. The molecule has 16 heavy (non-hydrogen) atoms. The molecule has 0 aliphatic rings. The summed E-state index contributed by atoms with van der Waals surface area (Å²) in [5, 5.41) is 29.0. The van der Waals surface area contributed by atoms with E-state index in [1.54, 1.807) is 6.07 Å². The van der Waals surface area contributed by atoms with Crippen molar-refractivity contribution in [1.82, 2.24) is 0 Å². The number of ether oxygens (including phenoxy) is 1. The fourth-order valence-electron chi connectivity index (χ4n) is 1.40. The standard InChI is InChI=1S/C11H16O4S/c1-15-7-2-3-8(10(13)6-7)11(14)9(12)4-5-16/h2-3,6,9,11-14,16H,4-5H2,1H3. The van der Waals surface area contributed by atoms with E-state index in [1.807, 2.05) is 0 Å². The summed E-state index contributed by atoms with van der Waals surface area (Å²) in [6.07, 6.45) is -1.69. The minimum atomic E-state index is -1.11. The van der Waals surface area contributed by atoms with Crippen LogP contribution >= 0.6 is 12.6 Å². The molecule has 0 radical (unpaired) electrons. The highest BCUT2D eigenvalue weighted by Crippen LogP contribution is 2.30. The minimum absolute atomic E-state index is 0.0925. The van der Waals surface area contributed by atoms with Gasteiger partial charge in [-0.3, -0.25) is 0 Å². The summed E-state index contributed by atoms with van der Waals surface area (Å²) in [7, 11) is 1.49. The second kappa shape index (κ2) is 5.98. The SMILES string of the molecule is COc1ccc(C(O)C(O)CCS)c(O)c1. The molecule has 0 aliphatic heterocycles. The third-order valence-electron chi connectivity index (χ3n) is 2.35. The van der Waals surface area contributed by atoms with E-state index in [2.05, 4.69) is 12.6 Å². The van der Waals surface area contributed by atoms with Gasteiger partial charge >= 0.3 is 0 Å². The molecule has 0 heterocycles. The second-order valence-corrected chi connectivity index (χ2v) is 3.90. The van der Waals surface area contributed by atoms with Crippen LogP contribution in [-0.2, 0) is 0 Å². The van der Waals surface area contributed by atoms with Gasteiger partial charge in [-0.15, -0.1) is 0 Å². The number of aromatic hydroxyl groups is 1. The van der Waals surface area contributed by atoms with Crippen molar-refractivity contribution in [3.63, 3.8) is 0 Å². The van der Waals surface area contributed by atoms with Crippen LogP contribution in [0.2, 0.25) is 0 Å². The first kappa shape index (κ1) is 13.2. The van der Waals surface area contributed by atoms with Crippen LogP contribution in [0.4, 0.5) is 0 Å². The monoisotopic (exact) mass is 244 g/mol. The highest BCUT2D eigenvalue weighted by Gasteiger charge is 2.20. The topological polar surface area (TPSA) is 69.9 Å². The van der Waals surface area contributed by atoms with Crippen LogP contribution in [-0.4, -0.2) is 34.3 Å². The number of methoxy groups -OCH3 is 1. The van der Waals surface area contributed by atoms with E-state index in [0.29, 0.717) is 17.9 Å². The Bertz CT molecular complexity index is 343. The lowest BCUT2D eigenvalue weighted by Crippen LogP contribution is -2.18. The maximum absolute atomic E-state index is 9.78. The van der Waals surface area contributed by atoms with Gasteiger partial charge in [0.2, 0.25) is 0 Å². The molecule has 0 fully saturated rings. The van der Waals surface area contributed by atoms with Crippen molar-refractivity contribution in [2.24, 2.45) is 0 Å². The van der Waals surface area contributed by atoms with Gasteiger partial charge in [0.05, 0.1) is 13.2 Å². The van der Waals surface area contributed by atoms with Crippen LogP contribution in [0.15, 0.2) is 18.2 Å². The predicted octanol–water partition coefficient (Wildman–Crippen LogP) is 1.11. The number of aliphatic hydroxyl groups excluding tert-OH is 2. The number of phenolic OH excluding ortho intramolecular Hbond substituents is 1.